The van der Waals surface area contributed by atoms with E-state index < -0.39 is 0 Å². The number of ether oxygens (including phenoxy) is 1. The zero-order valence-corrected chi connectivity index (χ0v) is 12.4. The number of methoxy groups -OCH3 is 1. The van der Waals surface area contributed by atoms with E-state index in [1.807, 2.05) is 0 Å². The first-order valence-corrected chi connectivity index (χ1v) is 7.36. The van der Waals surface area contributed by atoms with Crippen molar-refractivity contribution in [2.45, 2.75) is 25.4 Å². The second kappa shape index (κ2) is 8.08. The van der Waals surface area contributed by atoms with Gasteiger partial charge in [0.2, 0.25) is 0 Å². The third-order valence-corrected chi connectivity index (χ3v) is 3.83. The van der Waals surface area contributed by atoms with Gasteiger partial charge in [0.05, 0.1) is 18.2 Å². The third kappa shape index (κ3) is 4.78. The monoisotopic (exact) mass is 291 g/mol. The highest BCUT2D eigenvalue weighted by Crippen LogP contribution is 2.15. The Hall–Kier alpha value is -1.48. The van der Waals surface area contributed by atoms with Crippen LogP contribution in [0.1, 0.15) is 24.0 Å². The Balaban J connectivity index is 2.06. The molecule has 1 heterocycles. The van der Waals surface area contributed by atoms with Crippen LogP contribution in [0, 0.1) is 17.1 Å². The molecule has 1 unspecified atom stereocenters. The van der Waals surface area contributed by atoms with Crippen molar-refractivity contribution < 1.29 is 9.13 Å². The molecular formula is C16H22FN3O. The van der Waals surface area contributed by atoms with Crippen molar-refractivity contribution in [1.29, 1.82) is 5.26 Å². The molecule has 1 atom stereocenters. The van der Waals surface area contributed by atoms with Crippen LogP contribution in [0.4, 0.5) is 4.39 Å². The summed E-state index contributed by atoms with van der Waals surface area (Å²) < 4.78 is 18.6. The highest BCUT2D eigenvalue weighted by Gasteiger charge is 2.19. The fraction of sp³-hybridized carbons (Fsp3) is 0.562. The molecule has 2 rings (SSSR count). The maximum absolute atomic E-state index is 13.4. The number of nitriles is 1. The van der Waals surface area contributed by atoms with E-state index in [4.69, 9.17) is 10.00 Å². The van der Waals surface area contributed by atoms with E-state index >= 15 is 0 Å². The van der Waals surface area contributed by atoms with Crippen molar-refractivity contribution in [2.24, 2.45) is 0 Å². The molecule has 1 aliphatic heterocycles. The van der Waals surface area contributed by atoms with Crippen molar-refractivity contribution in [3.63, 3.8) is 0 Å². The lowest BCUT2D eigenvalue weighted by molar-refractivity contribution is 0.138. The van der Waals surface area contributed by atoms with Crippen LogP contribution in [0.15, 0.2) is 18.2 Å². The van der Waals surface area contributed by atoms with E-state index in [1.165, 1.54) is 18.6 Å². The van der Waals surface area contributed by atoms with Gasteiger partial charge in [-0.05, 0) is 43.1 Å². The van der Waals surface area contributed by atoms with E-state index in [1.54, 1.807) is 13.2 Å². The van der Waals surface area contributed by atoms with Crippen molar-refractivity contribution in [2.75, 3.05) is 33.4 Å². The summed E-state index contributed by atoms with van der Waals surface area (Å²) in [5, 5.41) is 12.6. The molecule has 0 saturated carbocycles. The van der Waals surface area contributed by atoms with Gasteiger partial charge in [0.25, 0.3) is 0 Å². The Labute approximate surface area is 125 Å². The molecule has 4 nitrogen and oxygen atoms in total. The Kier molecular flexibility index (Phi) is 6.12. The molecule has 1 fully saturated rings. The Bertz CT molecular complexity index is 495. The van der Waals surface area contributed by atoms with Crippen molar-refractivity contribution in [1.82, 2.24) is 10.2 Å². The van der Waals surface area contributed by atoms with Gasteiger partial charge in [-0.2, -0.15) is 5.26 Å². The summed E-state index contributed by atoms with van der Waals surface area (Å²) in [4.78, 5) is 2.22. The van der Waals surface area contributed by atoms with Crippen LogP contribution >= 0.6 is 0 Å². The van der Waals surface area contributed by atoms with E-state index in [-0.39, 0.29) is 5.82 Å². The molecule has 0 aliphatic carbocycles. The Morgan fingerprint density at radius 2 is 2.38 bits per heavy atom. The summed E-state index contributed by atoms with van der Waals surface area (Å²) in [6.45, 7) is 3.93. The number of hydrogen-bond acceptors (Lipinski definition) is 4. The molecule has 5 heteroatoms. The number of nitrogens with zero attached hydrogens (tertiary/aromatic N) is 2. The average molecular weight is 291 g/mol. The molecule has 1 aliphatic rings. The largest absolute Gasteiger partial charge is 0.383 e. The maximum Gasteiger partial charge on any atom is 0.123 e. The summed E-state index contributed by atoms with van der Waals surface area (Å²) in [5.74, 6) is -0.297. The van der Waals surface area contributed by atoms with E-state index in [2.05, 4.69) is 16.3 Å². The second-order valence-corrected chi connectivity index (χ2v) is 5.43. The molecule has 1 N–H and O–H groups in total. The first-order chi connectivity index (χ1) is 10.2. The van der Waals surface area contributed by atoms with Crippen molar-refractivity contribution in [3.8, 4) is 6.07 Å². The summed E-state index contributed by atoms with van der Waals surface area (Å²) in [6, 6.07) is 6.95. The predicted molar refractivity (Wildman–Crippen MR) is 79.3 cm³/mol. The van der Waals surface area contributed by atoms with Crippen LogP contribution in [0.2, 0.25) is 0 Å². The molecule has 21 heavy (non-hydrogen) atoms. The predicted octanol–water partition coefficient (Wildman–Crippen LogP) is 1.90. The molecule has 0 aromatic heterocycles. The van der Waals surface area contributed by atoms with Gasteiger partial charge in [-0.3, -0.25) is 4.90 Å². The van der Waals surface area contributed by atoms with E-state index in [0.29, 0.717) is 24.8 Å². The minimum atomic E-state index is -0.297. The summed E-state index contributed by atoms with van der Waals surface area (Å²) in [6.07, 6.45) is 2.37. The van der Waals surface area contributed by atoms with Gasteiger partial charge in [-0.25, -0.2) is 4.39 Å². The minimum absolute atomic E-state index is 0.297. The lowest BCUT2D eigenvalue weighted by Gasteiger charge is -2.25. The standard InChI is InChI=1S/C16H22FN3O/c1-21-8-7-20(12-16-3-2-6-19-16)11-14-9-15(17)5-4-13(14)10-18/h4-5,9,16,19H,2-3,6-8,11-12H2,1H3. The lowest BCUT2D eigenvalue weighted by atomic mass is 10.1. The van der Waals surface area contributed by atoms with E-state index in [9.17, 15) is 4.39 Å². The SMILES string of the molecule is COCCN(Cc1cc(F)ccc1C#N)CC1CCCN1. The van der Waals surface area contributed by atoms with Crippen LogP contribution in [0.5, 0.6) is 0 Å². The zero-order chi connectivity index (χ0) is 15.1. The number of benzene rings is 1. The lowest BCUT2D eigenvalue weighted by Crippen LogP contribution is -2.38. The summed E-state index contributed by atoms with van der Waals surface area (Å²) in [7, 11) is 1.68. The molecule has 1 aromatic rings. The van der Waals surface area contributed by atoms with E-state index in [0.717, 1.165) is 31.6 Å². The molecule has 1 aromatic carbocycles. The Morgan fingerprint density at radius 1 is 1.52 bits per heavy atom. The van der Waals surface area contributed by atoms with Crippen LogP contribution < -0.4 is 5.32 Å². The Morgan fingerprint density at radius 3 is 3.05 bits per heavy atom. The van der Waals surface area contributed by atoms with Gasteiger partial charge in [0.15, 0.2) is 0 Å². The number of hydrogen-bond donors (Lipinski definition) is 1. The van der Waals surface area contributed by atoms with Gasteiger partial charge < -0.3 is 10.1 Å². The number of nitrogens with one attached hydrogen (secondary N) is 1. The van der Waals surface area contributed by atoms with Crippen LogP contribution in [-0.2, 0) is 11.3 Å². The van der Waals surface area contributed by atoms with Crippen molar-refractivity contribution >= 4 is 0 Å². The first kappa shape index (κ1) is 15.9. The quantitative estimate of drug-likeness (QED) is 0.833. The van der Waals surface area contributed by atoms with Gasteiger partial charge in [0, 0.05) is 32.8 Å². The first-order valence-electron chi connectivity index (χ1n) is 7.36. The molecule has 0 bridgehead atoms. The van der Waals surface area contributed by atoms with Crippen LogP contribution in [-0.4, -0.2) is 44.3 Å². The third-order valence-electron chi connectivity index (χ3n) is 3.83. The van der Waals surface area contributed by atoms with Gasteiger partial charge in [0.1, 0.15) is 5.82 Å². The normalized spacial score (nSPS) is 18.1. The average Bonchev–Trinajstić information content (AvgIpc) is 2.98. The highest BCUT2D eigenvalue weighted by molar-refractivity contribution is 5.37. The number of halogens is 1. The fourth-order valence-electron chi connectivity index (χ4n) is 2.72. The molecule has 1 saturated heterocycles. The smallest absolute Gasteiger partial charge is 0.123 e. The highest BCUT2D eigenvalue weighted by atomic mass is 19.1. The van der Waals surface area contributed by atoms with Gasteiger partial charge in [-0.1, -0.05) is 0 Å². The van der Waals surface area contributed by atoms with Crippen molar-refractivity contribution in [3.05, 3.63) is 35.1 Å². The zero-order valence-electron chi connectivity index (χ0n) is 12.4. The molecule has 0 radical (unpaired) electrons. The van der Waals surface area contributed by atoms with Gasteiger partial charge in [-0.15, -0.1) is 0 Å². The molecule has 114 valence electrons. The molecular weight excluding hydrogens is 269 g/mol. The van der Waals surface area contributed by atoms with Crippen LogP contribution in [0.3, 0.4) is 0 Å². The summed E-state index contributed by atoms with van der Waals surface area (Å²) >= 11 is 0. The molecule has 0 amide bonds. The fourth-order valence-corrected chi connectivity index (χ4v) is 2.72. The maximum atomic E-state index is 13.4. The van der Waals surface area contributed by atoms with Gasteiger partial charge >= 0.3 is 0 Å². The number of rotatable bonds is 7. The molecule has 0 spiro atoms. The summed E-state index contributed by atoms with van der Waals surface area (Å²) in [5.41, 5.74) is 1.28. The minimum Gasteiger partial charge on any atom is -0.383 e. The topological polar surface area (TPSA) is 48.3 Å². The van der Waals surface area contributed by atoms with Crippen LogP contribution in [0.25, 0.3) is 0 Å². The second-order valence-electron chi connectivity index (χ2n) is 5.43.